The zero-order valence-corrected chi connectivity index (χ0v) is 10.7. The predicted octanol–water partition coefficient (Wildman–Crippen LogP) is 3.47. The van der Waals surface area contributed by atoms with Crippen LogP contribution >= 0.6 is 0 Å². The van der Waals surface area contributed by atoms with Crippen LogP contribution in [0.25, 0.3) is 11.1 Å². The Hall–Kier alpha value is -1.96. The van der Waals surface area contributed by atoms with Crippen LogP contribution in [0.5, 0.6) is 11.5 Å². The summed E-state index contributed by atoms with van der Waals surface area (Å²) in [6.45, 7) is 0. The highest BCUT2D eigenvalue weighted by atomic mass is 16.5. The Labute approximate surface area is 107 Å². The quantitative estimate of drug-likeness (QED) is 0.800. The van der Waals surface area contributed by atoms with Crippen LogP contribution in [0.3, 0.4) is 0 Å². The molecule has 0 aliphatic heterocycles. The van der Waals surface area contributed by atoms with Crippen molar-refractivity contribution < 1.29 is 9.47 Å². The van der Waals surface area contributed by atoms with Crippen molar-refractivity contribution in [2.75, 3.05) is 14.2 Å². The Bertz CT molecular complexity index is 506. The van der Waals surface area contributed by atoms with Gasteiger partial charge in [0.25, 0.3) is 0 Å². The summed E-state index contributed by atoms with van der Waals surface area (Å²) in [5.41, 5.74) is 5.06. The molecule has 0 heterocycles. The number of aryl methyl sites for hydroxylation is 2. The Morgan fingerprint density at radius 1 is 0.722 bits per heavy atom. The van der Waals surface area contributed by atoms with E-state index in [-0.39, 0.29) is 0 Å². The van der Waals surface area contributed by atoms with Crippen molar-refractivity contribution in [2.24, 2.45) is 0 Å². The minimum Gasteiger partial charge on any atom is -0.496 e. The second-order valence-electron chi connectivity index (χ2n) is 4.49. The fourth-order valence-corrected chi connectivity index (χ4v) is 2.75. The van der Waals surface area contributed by atoms with Gasteiger partial charge in [0.2, 0.25) is 0 Å². The number of hydrogen-bond donors (Lipinski definition) is 0. The molecule has 2 aromatic carbocycles. The van der Waals surface area contributed by atoms with E-state index in [1.54, 1.807) is 14.2 Å². The van der Waals surface area contributed by atoms with Crippen LogP contribution in [-0.2, 0) is 12.8 Å². The SMILES string of the molecule is COc1cccc2c1-c1c(cccc1OC)CC2. The summed E-state index contributed by atoms with van der Waals surface area (Å²) in [6.07, 6.45) is 2.12. The highest BCUT2D eigenvalue weighted by Gasteiger charge is 2.22. The van der Waals surface area contributed by atoms with E-state index in [1.165, 1.54) is 22.3 Å². The first-order valence-electron chi connectivity index (χ1n) is 6.17. The highest BCUT2D eigenvalue weighted by molar-refractivity contribution is 5.83. The molecule has 0 saturated carbocycles. The molecule has 0 radical (unpaired) electrons. The van der Waals surface area contributed by atoms with Crippen molar-refractivity contribution in [1.82, 2.24) is 0 Å². The molecule has 0 amide bonds. The number of methoxy groups -OCH3 is 2. The fourth-order valence-electron chi connectivity index (χ4n) is 2.75. The Kier molecular flexibility index (Phi) is 2.71. The van der Waals surface area contributed by atoms with Gasteiger partial charge < -0.3 is 9.47 Å². The summed E-state index contributed by atoms with van der Waals surface area (Å²) in [5.74, 6) is 1.86. The normalized spacial score (nSPS) is 12.6. The molecule has 1 aliphatic rings. The fraction of sp³-hybridized carbons (Fsp3) is 0.250. The lowest BCUT2D eigenvalue weighted by Gasteiger charge is -2.23. The molecule has 1 aliphatic carbocycles. The minimum atomic E-state index is 0.929. The van der Waals surface area contributed by atoms with Gasteiger partial charge in [0.1, 0.15) is 11.5 Å². The summed E-state index contributed by atoms with van der Waals surface area (Å²) in [7, 11) is 3.44. The average Bonchev–Trinajstić information content (AvgIpc) is 2.45. The third-order valence-corrected chi connectivity index (χ3v) is 3.58. The monoisotopic (exact) mass is 240 g/mol. The zero-order chi connectivity index (χ0) is 12.5. The number of fused-ring (bicyclic) bond motifs is 3. The first-order valence-corrected chi connectivity index (χ1v) is 6.17. The van der Waals surface area contributed by atoms with Crippen LogP contribution in [0.2, 0.25) is 0 Å². The van der Waals surface area contributed by atoms with E-state index in [0.29, 0.717) is 0 Å². The van der Waals surface area contributed by atoms with E-state index in [2.05, 4.69) is 24.3 Å². The van der Waals surface area contributed by atoms with Crippen LogP contribution in [0.4, 0.5) is 0 Å². The number of rotatable bonds is 2. The van der Waals surface area contributed by atoms with Gasteiger partial charge in [-0.15, -0.1) is 0 Å². The third kappa shape index (κ3) is 1.57. The molecule has 2 nitrogen and oxygen atoms in total. The van der Waals surface area contributed by atoms with Crippen molar-refractivity contribution in [1.29, 1.82) is 0 Å². The third-order valence-electron chi connectivity index (χ3n) is 3.58. The van der Waals surface area contributed by atoms with Gasteiger partial charge in [-0.05, 0) is 36.1 Å². The van der Waals surface area contributed by atoms with Gasteiger partial charge in [0.15, 0.2) is 0 Å². The van der Waals surface area contributed by atoms with Crippen molar-refractivity contribution in [3.8, 4) is 22.6 Å². The van der Waals surface area contributed by atoms with Gasteiger partial charge in [-0.3, -0.25) is 0 Å². The topological polar surface area (TPSA) is 18.5 Å². The lowest BCUT2D eigenvalue weighted by molar-refractivity contribution is 0.409. The Morgan fingerprint density at radius 3 is 1.56 bits per heavy atom. The van der Waals surface area contributed by atoms with Crippen LogP contribution < -0.4 is 9.47 Å². The highest BCUT2D eigenvalue weighted by Crippen LogP contribution is 2.44. The molecule has 2 heteroatoms. The van der Waals surface area contributed by atoms with Crippen LogP contribution in [0.1, 0.15) is 11.1 Å². The molecule has 2 aromatic rings. The molecule has 0 saturated heterocycles. The first kappa shape index (κ1) is 11.1. The molecular formula is C16H16O2. The number of hydrogen-bond acceptors (Lipinski definition) is 2. The van der Waals surface area contributed by atoms with Gasteiger partial charge in [-0.1, -0.05) is 24.3 Å². The zero-order valence-electron chi connectivity index (χ0n) is 10.7. The van der Waals surface area contributed by atoms with Gasteiger partial charge >= 0.3 is 0 Å². The van der Waals surface area contributed by atoms with Crippen molar-refractivity contribution in [2.45, 2.75) is 12.8 Å². The molecule has 0 aromatic heterocycles. The largest absolute Gasteiger partial charge is 0.496 e. The van der Waals surface area contributed by atoms with Gasteiger partial charge in [0.05, 0.1) is 14.2 Å². The molecule has 0 fully saturated rings. The van der Waals surface area contributed by atoms with Crippen molar-refractivity contribution in [3.63, 3.8) is 0 Å². The van der Waals surface area contributed by atoms with E-state index in [0.717, 1.165) is 24.3 Å². The molecule has 18 heavy (non-hydrogen) atoms. The lowest BCUT2D eigenvalue weighted by atomic mass is 9.84. The number of ether oxygens (including phenoxy) is 2. The molecular weight excluding hydrogens is 224 g/mol. The molecule has 0 atom stereocenters. The van der Waals surface area contributed by atoms with Gasteiger partial charge in [-0.2, -0.15) is 0 Å². The minimum absolute atomic E-state index is 0.929. The molecule has 0 bridgehead atoms. The second kappa shape index (κ2) is 4.37. The lowest BCUT2D eigenvalue weighted by Crippen LogP contribution is -2.06. The smallest absolute Gasteiger partial charge is 0.127 e. The summed E-state index contributed by atoms with van der Waals surface area (Å²) in [4.78, 5) is 0. The standard InChI is InChI=1S/C16H16O2/c1-17-13-7-3-5-11-9-10-12-6-4-8-14(18-2)16(12)15(11)13/h3-8H,9-10H2,1-2H3. The first-order chi connectivity index (χ1) is 8.85. The molecule has 92 valence electrons. The van der Waals surface area contributed by atoms with Gasteiger partial charge in [0, 0.05) is 11.1 Å². The maximum Gasteiger partial charge on any atom is 0.127 e. The van der Waals surface area contributed by atoms with Gasteiger partial charge in [-0.25, -0.2) is 0 Å². The van der Waals surface area contributed by atoms with Crippen molar-refractivity contribution in [3.05, 3.63) is 47.5 Å². The summed E-state index contributed by atoms with van der Waals surface area (Å²) in [5, 5.41) is 0. The van der Waals surface area contributed by atoms with Crippen LogP contribution in [0.15, 0.2) is 36.4 Å². The maximum absolute atomic E-state index is 5.51. The summed E-state index contributed by atoms with van der Waals surface area (Å²) < 4.78 is 11.0. The summed E-state index contributed by atoms with van der Waals surface area (Å²) in [6, 6.07) is 12.5. The van der Waals surface area contributed by atoms with E-state index >= 15 is 0 Å². The maximum atomic E-state index is 5.51. The molecule has 0 N–H and O–H groups in total. The average molecular weight is 240 g/mol. The van der Waals surface area contributed by atoms with E-state index < -0.39 is 0 Å². The second-order valence-corrected chi connectivity index (χ2v) is 4.49. The summed E-state index contributed by atoms with van der Waals surface area (Å²) >= 11 is 0. The van der Waals surface area contributed by atoms with E-state index in [1.807, 2.05) is 12.1 Å². The molecule has 0 spiro atoms. The molecule has 3 rings (SSSR count). The number of benzene rings is 2. The Morgan fingerprint density at radius 2 is 1.17 bits per heavy atom. The van der Waals surface area contributed by atoms with E-state index in [9.17, 15) is 0 Å². The van der Waals surface area contributed by atoms with Crippen molar-refractivity contribution >= 4 is 0 Å². The molecule has 0 unspecified atom stereocenters. The van der Waals surface area contributed by atoms with Crippen LogP contribution in [0, 0.1) is 0 Å². The predicted molar refractivity (Wildman–Crippen MR) is 72.4 cm³/mol. The Balaban J connectivity index is 2.32. The van der Waals surface area contributed by atoms with Crippen LogP contribution in [-0.4, -0.2) is 14.2 Å². The van der Waals surface area contributed by atoms with E-state index in [4.69, 9.17) is 9.47 Å².